The van der Waals surface area contributed by atoms with Crippen molar-refractivity contribution in [1.29, 1.82) is 0 Å². The summed E-state index contributed by atoms with van der Waals surface area (Å²) < 4.78 is 126. The number of H-pyrrole nitrogens is 1. The summed E-state index contributed by atoms with van der Waals surface area (Å²) >= 11 is 0. The van der Waals surface area contributed by atoms with E-state index in [-0.39, 0.29) is 87.5 Å². The molecule has 32 nitrogen and oxygen atoms in total. The Morgan fingerprint density at radius 3 is 1.21 bits per heavy atom. The van der Waals surface area contributed by atoms with Crippen LogP contribution >= 0.6 is 0 Å². The topological polar surface area (TPSA) is 420 Å². The molecule has 8 aromatic carbocycles. The van der Waals surface area contributed by atoms with Crippen molar-refractivity contribution in [3.63, 3.8) is 0 Å². The maximum atomic E-state index is 13.3. The third-order valence-corrected chi connectivity index (χ3v) is 31.2. The number of nitrogens with zero attached hydrogens (tertiary/aromatic N) is 6. The maximum Gasteiger partial charge on any atom is 0.243 e. The van der Waals surface area contributed by atoms with Gasteiger partial charge in [-0.15, -0.1) is 0 Å². The lowest BCUT2D eigenvalue weighted by molar-refractivity contribution is -0.119. The van der Waals surface area contributed by atoms with Gasteiger partial charge in [0.2, 0.25) is 80.9 Å². The highest BCUT2D eigenvalue weighted by atomic mass is 32.2. The van der Waals surface area contributed by atoms with Crippen LogP contribution in [-0.2, 0) is 77.3 Å². The Labute approximate surface area is 800 Å². The van der Waals surface area contributed by atoms with Gasteiger partial charge in [-0.3, -0.25) is 19.2 Å². The molecule has 13 aromatic rings. The summed E-state index contributed by atoms with van der Waals surface area (Å²) in [4.78, 5) is 78.5. The number of rotatable bonds is 27. The number of nitrogens with one attached hydrogen (secondary N) is 7. The molecular formula is C103H103N13O19S3. The van der Waals surface area contributed by atoms with E-state index in [2.05, 4.69) is 66.7 Å². The lowest BCUT2D eigenvalue weighted by Gasteiger charge is -2.32. The van der Waals surface area contributed by atoms with E-state index in [9.17, 15) is 44.4 Å². The van der Waals surface area contributed by atoms with Gasteiger partial charge in [-0.25, -0.2) is 59.6 Å². The molecule has 8 N–H and O–H groups in total. The zero-order valence-electron chi connectivity index (χ0n) is 75.5. The highest BCUT2D eigenvalue weighted by molar-refractivity contribution is 7.90. The second kappa shape index (κ2) is 38.6. The molecule has 712 valence electrons. The summed E-state index contributed by atoms with van der Waals surface area (Å²) in [5.74, 6) is 6.98. The average Bonchev–Trinajstić information content (AvgIpc) is 1.60. The van der Waals surface area contributed by atoms with E-state index in [1.165, 1.54) is 12.1 Å². The molecule has 2 atom stereocenters. The number of ether oxygens (including phenoxy) is 8. The number of sulfonamides is 3. The van der Waals surface area contributed by atoms with Crippen LogP contribution in [0.4, 0.5) is 23.3 Å². The fraction of sp³-hybridized carbons (Fsp3) is 0.272. The molecule has 0 bridgehead atoms. The third-order valence-electron chi connectivity index (χ3n) is 26.1. The highest BCUT2D eigenvalue weighted by Gasteiger charge is 2.55. The fourth-order valence-electron chi connectivity index (χ4n) is 17.5. The van der Waals surface area contributed by atoms with Crippen molar-refractivity contribution in [2.75, 3.05) is 68.1 Å². The summed E-state index contributed by atoms with van der Waals surface area (Å²) in [7, 11) is -10.9. The molecular weight excluding hydrogens is 1820 g/mol. The van der Waals surface area contributed by atoms with Crippen LogP contribution in [0.15, 0.2) is 270 Å². The number of pyridine rings is 4. The number of carbonyl (C=O) groups excluding carboxylic acids is 4. The molecule has 22 rings (SSSR count). The Morgan fingerprint density at radius 1 is 0.442 bits per heavy atom. The van der Waals surface area contributed by atoms with E-state index in [0.29, 0.717) is 99.1 Å². The van der Waals surface area contributed by atoms with Gasteiger partial charge in [0.05, 0.1) is 66.4 Å². The van der Waals surface area contributed by atoms with E-state index < -0.39 is 57.8 Å². The quantitative estimate of drug-likeness (QED) is 0.0237. The molecule has 9 aliphatic rings. The smallest absolute Gasteiger partial charge is 0.243 e. The second-order valence-electron chi connectivity index (χ2n) is 35.4. The first-order chi connectivity index (χ1) is 66.8. The molecule has 0 spiro atoms. The van der Waals surface area contributed by atoms with Crippen molar-refractivity contribution in [3.8, 4) is 90.9 Å². The predicted molar refractivity (Wildman–Crippen MR) is 518 cm³/mol. The van der Waals surface area contributed by atoms with Crippen LogP contribution in [-0.4, -0.2) is 147 Å². The standard InChI is InChI=1S/C28H29N3O5S.C27H25N5O5S.C25H25N3O6S.C23H20N2O3.2H2/c1-19-5-2-3-16-31(19)37(33,34)22-11-8-20(9-12-22)23-6-4-7-26(29-23)30-27(32)28(14-15-28)21-10-13-24-25(17-21)36-18-35-24;33-26(27(11-12-27)19-6-9-23-24(14-19)37-17-36-23)32-25-3-1-2-22(31-25)18-4-7-21(8-5-18)38(34,35)30-13-10-20-15-28-16-29-20;1-16(14-29)28-35(31,32)19-8-5-17(6-9-19)20-3-2-4-23(26-20)27-24(30)25(11-12-25)18-7-10-21-22(13-18)34-15-33-21;1-15-11-17(16-5-3-2-4-6-16)13-24-21(15)25-22(26)23(9-10-23)18-7-8-19-20(12-18)28-14-27-19;;/h4,6-13,17,19H,2-3,5,14-16,18H2,1H3,(H,29,30,32);1-9,14-16,30H,10-13,17H2,(H,28,29)(H,31,32,33);2-10,13,16,28-29H,11-12,14-15H2,1H3,(H,26,27,30);2-8,11-13H,9-10,14H2,1H3,(H,24,25,26);2*1H/t;;16-;;;/m..1.../s1. The molecule has 5 aromatic heterocycles. The van der Waals surface area contributed by atoms with E-state index in [1.807, 2.05) is 135 Å². The average molecular weight is 1920 g/mol. The van der Waals surface area contributed by atoms with Gasteiger partial charge >= 0.3 is 0 Å². The number of hydrogen-bond acceptors (Lipinski definition) is 24. The van der Waals surface area contributed by atoms with Gasteiger partial charge < -0.3 is 69.3 Å². The first kappa shape index (κ1) is 92.6. The molecule has 4 amide bonds. The Hall–Kier alpha value is -14.5. The van der Waals surface area contributed by atoms with E-state index in [4.69, 9.17) is 43.0 Å². The molecule has 138 heavy (non-hydrogen) atoms. The number of aliphatic hydroxyl groups is 1. The number of imidazole rings is 1. The molecule has 1 unspecified atom stereocenters. The van der Waals surface area contributed by atoms with Crippen molar-refractivity contribution in [3.05, 3.63) is 289 Å². The monoisotopic (exact) mass is 1920 g/mol. The van der Waals surface area contributed by atoms with Crippen molar-refractivity contribution < 1.29 is 90.3 Å². The van der Waals surface area contributed by atoms with Crippen molar-refractivity contribution in [2.24, 2.45) is 0 Å². The van der Waals surface area contributed by atoms with Crippen molar-refractivity contribution in [2.45, 2.75) is 146 Å². The van der Waals surface area contributed by atoms with E-state index in [1.54, 1.807) is 127 Å². The van der Waals surface area contributed by atoms with Crippen LogP contribution in [0.2, 0.25) is 0 Å². The Morgan fingerprint density at radius 2 is 0.833 bits per heavy atom. The fourth-order valence-corrected chi connectivity index (χ4v) is 21.4. The third kappa shape index (κ3) is 19.8. The minimum absolute atomic E-state index is 0. The van der Waals surface area contributed by atoms with Gasteiger partial charge in [0.1, 0.15) is 23.3 Å². The van der Waals surface area contributed by atoms with Gasteiger partial charge in [-0.05, 0) is 246 Å². The van der Waals surface area contributed by atoms with E-state index >= 15 is 0 Å². The van der Waals surface area contributed by atoms with Gasteiger partial charge in [-0.1, -0.05) is 116 Å². The molecule has 35 heteroatoms. The number of aryl methyl sites for hydroxylation is 1. The van der Waals surface area contributed by atoms with E-state index in [0.717, 1.165) is 132 Å². The van der Waals surface area contributed by atoms with Crippen LogP contribution in [0.5, 0.6) is 46.0 Å². The summed E-state index contributed by atoms with van der Waals surface area (Å²) in [5.41, 5.74) is 9.33. The first-order valence-electron chi connectivity index (χ1n) is 45.5. The summed E-state index contributed by atoms with van der Waals surface area (Å²) in [6, 6.07) is 69.8. The van der Waals surface area contributed by atoms with Gasteiger partial charge in [0.25, 0.3) is 0 Å². The zero-order valence-corrected chi connectivity index (χ0v) is 78.0. The number of piperidine rings is 1. The number of aromatic amines is 1. The lowest BCUT2D eigenvalue weighted by atomic mass is 9.94. The van der Waals surface area contributed by atoms with Gasteiger partial charge in [-0.2, -0.15) is 4.31 Å². The lowest BCUT2D eigenvalue weighted by Crippen LogP contribution is -2.41. The SMILES string of the molecule is CC1CCCCN1S(=O)(=O)c1ccc(-c2cccc(NC(=O)C3(c4ccc5c(c4)OCO5)CC3)n2)cc1.C[C@H](CO)NS(=O)(=O)c1ccc(-c2cccc(NC(=O)C3(c4ccc5c(c4)OCO5)CC3)n2)cc1.Cc1cc(-c2ccccc2)cnc1NC(=O)C1(c2ccc3c(c2)OCO3)CC1.O=C(Nc1cccc(-c2ccc(S(=O)(=O)NCCc3cnc[nH]3)cc2)n1)C1(c2ccc3c(c2)OCO3)CC1.[HH].[HH]. The summed E-state index contributed by atoms with van der Waals surface area (Å²) in [5, 5.41) is 21.0. The van der Waals surface area contributed by atoms with Crippen LogP contribution < -0.4 is 68.6 Å². The van der Waals surface area contributed by atoms with Crippen LogP contribution in [0.1, 0.15) is 121 Å². The van der Waals surface area contributed by atoms with Crippen LogP contribution in [0.25, 0.3) is 44.9 Å². The number of fused-ring (bicyclic) bond motifs is 4. The molecule has 0 radical (unpaired) electrons. The van der Waals surface area contributed by atoms with Gasteiger partial charge in [0.15, 0.2) is 46.0 Å². The normalized spacial score (nSPS) is 17.1. The second-order valence-corrected chi connectivity index (χ2v) is 40.7. The number of amides is 4. The minimum Gasteiger partial charge on any atom is -0.454 e. The first-order valence-corrected chi connectivity index (χ1v) is 49.9. The molecule has 4 aliphatic carbocycles. The Bertz CT molecular complexity index is 7170. The molecule has 5 aliphatic heterocycles. The number of aromatic nitrogens is 6. The highest BCUT2D eigenvalue weighted by Crippen LogP contribution is 2.55. The summed E-state index contributed by atoms with van der Waals surface area (Å²) in [6.07, 6.45) is 14.5. The number of carbonyl (C=O) groups is 4. The molecule has 1 saturated heterocycles. The van der Waals surface area contributed by atoms with Crippen molar-refractivity contribution in [1.82, 2.24) is 43.7 Å². The van der Waals surface area contributed by atoms with Crippen LogP contribution in [0, 0.1) is 6.92 Å². The van der Waals surface area contributed by atoms with Gasteiger partial charge in [0, 0.05) is 74.8 Å². The zero-order chi connectivity index (χ0) is 95.6. The van der Waals surface area contributed by atoms with Crippen LogP contribution in [0.3, 0.4) is 0 Å². The maximum absolute atomic E-state index is 13.3. The molecule has 4 saturated carbocycles. The summed E-state index contributed by atoms with van der Waals surface area (Å²) in [6.45, 7) is 6.81. The predicted octanol–water partition coefficient (Wildman–Crippen LogP) is 15.9. The number of hydrogen-bond donors (Lipinski definition) is 8. The van der Waals surface area contributed by atoms with Crippen molar-refractivity contribution >= 4 is 77.0 Å². The Kier molecular flexibility index (Phi) is 25.9. The molecule has 5 fully saturated rings. The number of aliphatic hydroxyl groups excluding tert-OH is 1. The number of benzene rings is 8. The largest absolute Gasteiger partial charge is 0.454 e. The Balaban J connectivity index is 0.000000129. The molecule has 10 heterocycles. The number of anilines is 4. The minimum atomic E-state index is -3.74.